The van der Waals surface area contributed by atoms with Crippen LogP contribution in [-0.4, -0.2) is 5.78 Å². The minimum Gasteiger partial charge on any atom is -0.455 e. The van der Waals surface area contributed by atoms with Gasteiger partial charge in [-0.2, -0.15) is 0 Å². The highest BCUT2D eigenvalue weighted by molar-refractivity contribution is 9.10. The minimum atomic E-state index is -0.0175. The lowest BCUT2D eigenvalue weighted by Crippen LogP contribution is -2.28. The van der Waals surface area contributed by atoms with Gasteiger partial charge in [0, 0.05) is 22.7 Å². The van der Waals surface area contributed by atoms with E-state index >= 15 is 0 Å². The van der Waals surface area contributed by atoms with E-state index in [0.717, 1.165) is 32.8 Å². The maximum atomic E-state index is 12.0. The van der Waals surface area contributed by atoms with Gasteiger partial charge in [-0.1, -0.05) is 28.1 Å². The molecule has 2 aromatic carbocycles. The number of fused-ring (bicyclic) bond motifs is 5. The van der Waals surface area contributed by atoms with E-state index in [-0.39, 0.29) is 11.8 Å². The van der Waals surface area contributed by atoms with Crippen molar-refractivity contribution in [3.63, 3.8) is 0 Å². The number of hydrogen-bond donors (Lipinski definition) is 0. The van der Waals surface area contributed by atoms with Gasteiger partial charge in [0.15, 0.2) is 11.5 Å². The van der Waals surface area contributed by atoms with Gasteiger partial charge in [0.2, 0.25) is 0 Å². The van der Waals surface area contributed by atoms with Crippen LogP contribution in [-0.2, 0) is 4.79 Å². The molecule has 0 aliphatic carbocycles. The fourth-order valence-corrected chi connectivity index (χ4v) is 3.52. The van der Waals surface area contributed by atoms with E-state index in [0.29, 0.717) is 6.42 Å². The number of anilines is 1. The molecule has 4 rings (SSSR count). The van der Waals surface area contributed by atoms with Gasteiger partial charge in [-0.3, -0.25) is 4.79 Å². The van der Waals surface area contributed by atoms with Crippen LogP contribution in [0.4, 0.5) is 5.69 Å². The summed E-state index contributed by atoms with van der Waals surface area (Å²) in [5.74, 6) is 1.77. The summed E-state index contributed by atoms with van der Waals surface area (Å²) in [5, 5.41) is 0. The second kappa shape index (κ2) is 4.99. The van der Waals surface area contributed by atoms with Crippen molar-refractivity contribution in [3.8, 4) is 11.5 Å². The molecule has 0 aromatic heterocycles. The first-order valence-corrected chi connectivity index (χ1v) is 7.99. The van der Waals surface area contributed by atoms with Gasteiger partial charge >= 0.3 is 0 Å². The summed E-state index contributed by atoms with van der Waals surface area (Å²) < 4.78 is 7.14. The number of nitrogens with zero attached hydrogens (tertiary/aromatic N) is 1. The van der Waals surface area contributed by atoms with Crippen molar-refractivity contribution in [1.82, 2.24) is 0 Å². The first-order chi connectivity index (χ1) is 10.6. The van der Waals surface area contributed by atoms with E-state index in [4.69, 9.17) is 4.74 Å². The van der Waals surface area contributed by atoms with Crippen LogP contribution >= 0.6 is 15.9 Å². The number of rotatable bonds is 0. The van der Waals surface area contributed by atoms with Gasteiger partial charge < -0.3 is 9.64 Å². The van der Waals surface area contributed by atoms with Crippen LogP contribution in [0.15, 0.2) is 53.1 Å². The molecule has 4 heteroatoms. The van der Waals surface area contributed by atoms with Crippen LogP contribution < -0.4 is 9.64 Å². The summed E-state index contributed by atoms with van der Waals surface area (Å²) in [5.41, 5.74) is 3.21. The van der Waals surface area contributed by atoms with Crippen LogP contribution in [0.1, 0.15) is 23.6 Å². The highest BCUT2D eigenvalue weighted by atomic mass is 79.9. The van der Waals surface area contributed by atoms with Crippen LogP contribution in [0.2, 0.25) is 0 Å². The van der Waals surface area contributed by atoms with E-state index in [2.05, 4.69) is 33.8 Å². The molecule has 1 unspecified atom stereocenters. The molecule has 0 amide bonds. The van der Waals surface area contributed by atoms with Crippen molar-refractivity contribution in [2.45, 2.75) is 19.4 Å². The number of ketones is 1. The number of ether oxygens (including phenoxy) is 1. The van der Waals surface area contributed by atoms with Crippen molar-refractivity contribution in [2.24, 2.45) is 0 Å². The van der Waals surface area contributed by atoms with Gasteiger partial charge in [-0.25, -0.2) is 0 Å². The Morgan fingerprint density at radius 2 is 2.09 bits per heavy atom. The molecular formula is C18H14BrNO2. The predicted octanol–water partition coefficient (Wildman–Crippen LogP) is 4.90. The summed E-state index contributed by atoms with van der Waals surface area (Å²) in [4.78, 5) is 14.1. The van der Waals surface area contributed by atoms with Crippen LogP contribution in [0, 0.1) is 6.92 Å². The van der Waals surface area contributed by atoms with Crippen LogP contribution in [0.3, 0.4) is 0 Å². The third-order valence-electron chi connectivity index (χ3n) is 4.19. The quantitative estimate of drug-likeness (QED) is 0.673. The Bertz CT molecular complexity index is 813. The summed E-state index contributed by atoms with van der Waals surface area (Å²) >= 11 is 3.50. The summed E-state index contributed by atoms with van der Waals surface area (Å²) in [7, 11) is 0. The Morgan fingerprint density at radius 3 is 2.95 bits per heavy atom. The molecule has 22 heavy (non-hydrogen) atoms. The van der Waals surface area contributed by atoms with Gasteiger partial charge in [0.1, 0.15) is 5.75 Å². The normalized spacial score (nSPS) is 18.9. The molecule has 0 spiro atoms. The summed E-state index contributed by atoms with van der Waals surface area (Å²) in [6, 6.07) is 12.0. The summed E-state index contributed by atoms with van der Waals surface area (Å²) in [6.07, 6.45) is 3.98. The molecular weight excluding hydrogens is 342 g/mol. The monoisotopic (exact) mass is 355 g/mol. The Balaban J connectivity index is 2.00. The van der Waals surface area contributed by atoms with E-state index in [9.17, 15) is 4.79 Å². The maximum absolute atomic E-state index is 12.0. The standard InChI is InChI=1S/C18H14BrNO2/c1-11-3-2-4-16-18(11)15-10-13(21)7-8-20(15)14-6-5-12(19)9-17(14)22-16/h2-9,15H,10H2,1H3. The molecule has 3 nitrogen and oxygen atoms in total. The Kier molecular flexibility index (Phi) is 3.08. The van der Waals surface area contributed by atoms with Crippen LogP contribution in [0.5, 0.6) is 11.5 Å². The SMILES string of the molecule is Cc1cccc2c1C1CC(=O)C=CN1c1ccc(Br)cc1O2. The topological polar surface area (TPSA) is 29.5 Å². The molecule has 1 atom stereocenters. The predicted molar refractivity (Wildman–Crippen MR) is 89.4 cm³/mol. The van der Waals surface area contributed by atoms with Crippen molar-refractivity contribution < 1.29 is 9.53 Å². The molecule has 110 valence electrons. The summed E-state index contributed by atoms with van der Waals surface area (Å²) in [6.45, 7) is 2.06. The molecule has 0 saturated carbocycles. The van der Waals surface area contributed by atoms with Crippen molar-refractivity contribution in [2.75, 3.05) is 4.90 Å². The largest absolute Gasteiger partial charge is 0.455 e. The molecule has 2 aliphatic heterocycles. The second-order valence-corrected chi connectivity index (χ2v) is 6.53. The number of carbonyl (C=O) groups excluding carboxylic acids is 1. The lowest BCUT2D eigenvalue weighted by Gasteiger charge is -2.32. The van der Waals surface area contributed by atoms with Gasteiger partial charge in [0.05, 0.1) is 11.7 Å². The lowest BCUT2D eigenvalue weighted by molar-refractivity contribution is -0.115. The molecule has 0 bridgehead atoms. The average Bonchev–Trinajstić information content (AvgIpc) is 2.61. The van der Waals surface area contributed by atoms with E-state index in [1.807, 2.05) is 36.5 Å². The fourth-order valence-electron chi connectivity index (χ4n) is 3.18. The third kappa shape index (κ3) is 2.06. The maximum Gasteiger partial charge on any atom is 0.159 e. The van der Waals surface area contributed by atoms with E-state index in [1.54, 1.807) is 6.08 Å². The molecule has 2 aromatic rings. The molecule has 0 radical (unpaired) electrons. The first-order valence-electron chi connectivity index (χ1n) is 7.20. The van der Waals surface area contributed by atoms with Crippen molar-refractivity contribution >= 4 is 27.4 Å². The number of aryl methyl sites for hydroxylation is 1. The zero-order chi connectivity index (χ0) is 15.3. The van der Waals surface area contributed by atoms with Crippen LogP contribution in [0.25, 0.3) is 0 Å². The molecule has 0 fully saturated rings. The van der Waals surface area contributed by atoms with Gasteiger partial charge in [-0.05, 0) is 42.8 Å². The fraction of sp³-hybridized carbons (Fsp3) is 0.167. The highest BCUT2D eigenvalue weighted by Gasteiger charge is 2.33. The van der Waals surface area contributed by atoms with Crippen molar-refractivity contribution in [1.29, 1.82) is 0 Å². The zero-order valence-corrected chi connectivity index (χ0v) is 13.6. The second-order valence-electron chi connectivity index (χ2n) is 5.61. The number of halogens is 1. The van der Waals surface area contributed by atoms with E-state index in [1.165, 1.54) is 0 Å². The highest BCUT2D eigenvalue weighted by Crippen LogP contribution is 2.48. The molecule has 2 aliphatic rings. The van der Waals surface area contributed by atoms with Gasteiger partial charge in [0.25, 0.3) is 0 Å². The smallest absolute Gasteiger partial charge is 0.159 e. The lowest BCUT2D eigenvalue weighted by atomic mass is 9.93. The van der Waals surface area contributed by atoms with Gasteiger partial charge in [-0.15, -0.1) is 0 Å². The minimum absolute atomic E-state index is 0.0175. The Labute approximate surface area is 137 Å². The number of benzene rings is 2. The Hall–Kier alpha value is -2.07. The average molecular weight is 356 g/mol. The number of allylic oxidation sites excluding steroid dienone is 1. The third-order valence-corrected chi connectivity index (χ3v) is 4.68. The first kappa shape index (κ1) is 13.6. The molecule has 2 heterocycles. The van der Waals surface area contributed by atoms with Crippen molar-refractivity contribution in [3.05, 3.63) is 64.3 Å². The zero-order valence-electron chi connectivity index (χ0n) is 12.0. The van der Waals surface area contributed by atoms with E-state index < -0.39 is 0 Å². The molecule has 0 N–H and O–H groups in total. The number of hydrogen-bond acceptors (Lipinski definition) is 3. The number of carbonyl (C=O) groups is 1. The molecule has 0 saturated heterocycles. The Morgan fingerprint density at radius 1 is 1.23 bits per heavy atom.